The van der Waals surface area contributed by atoms with Gasteiger partial charge in [0, 0.05) is 24.9 Å². The molecule has 182 valence electrons. The Labute approximate surface area is 194 Å². The van der Waals surface area contributed by atoms with Gasteiger partial charge in [0.2, 0.25) is 10.0 Å². The SMILES string of the molecule is O=C(COC(=O)C=Cc1cccc(C(F)(F)F)c1)Nc1cccc(S(=O)(=O)N2CCOCC2)c1. The molecular formula is C22H21F3N2O6S. The van der Waals surface area contributed by atoms with E-state index in [1.165, 1.54) is 40.7 Å². The van der Waals surface area contributed by atoms with Gasteiger partial charge in [-0.3, -0.25) is 4.79 Å². The fourth-order valence-corrected chi connectivity index (χ4v) is 4.49. The first-order chi connectivity index (χ1) is 16.1. The number of ether oxygens (including phenoxy) is 2. The van der Waals surface area contributed by atoms with Gasteiger partial charge in [0.25, 0.3) is 5.91 Å². The highest BCUT2D eigenvalue weighted by Gasteiger charge is 2.30. The van der Waals surface area contributed by atoms with Gasteiger partial charge in [-0.15, -0.1) is 0 Å². The van der Waals surface area contributed by atoms with Gasteiger partial charge in [0.05, 0.1) is 23.7 Å². The van der Waals surface area contributed by atoms with E-state index < -0.39 is 40.2 Å². The molecule has 0 radical (unpaired) electrons. The fourth-order valence-electron chi connectivity index (χ4n) is 3.04. The first kappa shape index (κ1) is 25.4. The molecule has 0 unspecified atom stereocenters. The molecule has 1 heterocycles. The summed E-state index contributed by atoms with van der Waals surface area (Å²) in [5, 5.41) is 2.44. The zero-order valence-corrected chi connectivity index (χ0v) is 18.6. The second-order valence-electron chi connectivity index (χ2n) is 7.16. The lowest BCUT2D eigenvalue weighted by Gasteiger charge is -2.26. The summed E-state index contributed by atoms with van der Waals surface area (Å²) in [4.78, 5) is 23.9. The zero-order valence-electron chi connectivity index (χ0n) is 17.7. The normalized spacial score (nSPS) is 15.3. The number of amides is 1. The minimum atomic E-state index is -4.51. The van der Waals surface area contributed by atoms with E-state index in [1.54, 1.807) is 0 Å². The monoisotopic (exact) mass is 498 g/mol. The van der Waals surface area contributed by atoms with Crippen molar-refractivity contribution in [1.29, 1.82) is 0 Å². The van der Waals surface area contributed by atoms with Crippen molar-refractivity contribution in [2.75, 3.05) is 38.2 Å². The molecule has 1 aliphatic heterocycles. The summed E-state index contributed by atoms with van der Waals surface area (Å²) in [6.45, 7) is 0.366. The molecule has 1 amide bonds. The third kappa shape index (κ3) is 6.89. The van der Waals surface area contributed by atoms with E-state index in [4.69, 9.17) is 9.47 Å². The summed E-state index contributed by atoms with van der Waals surface area (Å²) in [6, 6.07) is 9.99. The van der Waals surface area contributed by atoms with Crippen LogP contribution in [0.25, 0.3) is 6.08 Å². The van der Waals surface area contributed by atoms with Gasteiger partial charge in [-0.05, 0) is 42.0 Å². The Balaban J connectivity index is 1.55. The summed E-state index contributed by atoms with van der Waals surface area (Å²) in [5.41, 5.74) is -0.537. The maximum absolute atomic E-state index is 12.7. The third-order valence-electron chi connectivity index (χ3n) is 4.70. The van der Waals surface area contributed by atoms with Crippen molar-refractivity contribution < 1.29 is 40.7 Å². The summed E-state index contributed by atoms with van der Waals surface area (Å²) in [7, 11) is -3.76. The number of carbonyl (C=O) groups is 2. The number of nitrogens with one attached hydrogen (secondary N) is 1. The van der Waals surface area contributed by atoms with Crippen LogP contribution in [0.3, 0.4) is 0 Å². The largest absolute Gasteiger partial charge is 0.452 e. The minimum absolute atomic E-state index is 0.00628. The van der Waals surface area contributed by atoms with Gasteiger partial charge in [-0.1, -0.05) is 18.2 Å². The van der Waals surface area contributed by atoms with Crippen molar-refractivity contribution in [3.05, 3.63) is 65.7 Å². The Morgan fingerprint density at radius 2 is 1.79 bits per heavy atom. The summed E-state index contributed by atoms with van der Waals surface area (Å²) in [5.74, 6) is -1.65. The smallest absolute Gasteiger partial charge is 0.416 e. The van der Waals surface area contributed by atoms with Crippen LogP contribution in [-0.2, 0) is 35.3 Å². The molecule has 1 N–H and O–H groups in total. The molecule has 0 atom stereocenters. The number of esters is 1. The summed E-state index contributed by atoms with van der Waals surface area (Å²) >= 11 is 0. The van der Waals surface area contributed by atoms with Gasteiger partial charge in [0.15, 0.2) is 6.61 Å². The quantitative estimate of drug-likeness (QED) is 0.465. The van der Waals surface area contributed by atoms with Gasteiger partial charge in [0.1, 0.15) is 0 Å². The summed E-state index contributed by atoms with van der Waals surface area (Å²) < 4.78 is 74.9. The van der Waals surface area contributed by atoms with Crippen molar-refractivity contribution in [1.82, 2.24) is 4.31 Å². The molecule has 8 nitrogen and oxygen atoms in total. The highest BCUT2D eigenvalue weighted by Crippen LogP contribution is 2.29. The highest BCUT2D eigenvalue weighted by molar-refractivity contribution is 7.89. The van der Waals surface area contributed by atoms with Crippen molar-refractivity contribution in [3.63, 3.8) is 0 Å². The van der Waals surface area contributed by atoms with Gasteiger partial charge in [-0.2, -0.15) is 17.5 Å². The molecule has 0 aliphatic carbocycles. The molecule has 34 heavy (non-hydrogen) atoms. The number of anilines is 1. The van der Waals surface area contributed by atoms with Crippen LogP contribution in [-0.4, -0.2) is 57.5 Å². The Bertz CT molecular complexity index is 1180. The lowest BCUT2D eigenvalue weighted by Crippen LogP contribution is -2.40. The molecule has 0 saturated carbocycles. The lowest BCUT2D eigenvalue weighted by atomic mass is 10.1. The van der Waals surface area contributed by atoms with Gasteiger partial charge < -0.3 is 14.8 Å². The second kappa shape index (κ2) is 10.8. The number of halogens is 3. The van der Waals surface area contributed by atoms with Crippen LogP contribution < -0.4 is 5.32 Å². The average molecular weight is 498 g/mol. The molecule has 1 aliphatic rings. The van der Waals surface area contributed by atoms with E-state index in [2.05, 4.69) is 5.32 Å². The molecule has 0 aromatic heterocycles. The minimum Gasteiger partial charge on any atom is -0.452 e. The predicted molar refractivity (Wildman–Crippen MR) is 116 cm³/mol. The predicted octanol–water partition coefficient (Wildman–Crippen LogP) is 2.92. The molecule has 0 bridgehead atoms. The number of rotatable bonds is 7. The first-order valence-electron chi connectivity index (χ1n) is 10.1. The van der Waals surface area contributed by atoms with Gasteiger partial charge in [-0.25, -0.2) is 13.2 Å². The molecule has 1 fully saturated rings. The zero-order chi connectivity index (χ0) is 24.8. The Morgan fingerprint density at radius 1 is 1.09 bits per heavy atom. The van der Waals surface area contributed by atoms with Crippen molar-refractivity contribution in [3.8, 4) is 0 Å². The number of alkyl halides is 3. The summed E-state index contributed by atoms with van der Waals surface area (Å²) in [6.07, 6.45) is -2.48. The molecule has 12 heteroatoms. The number of hydrogen-bond donors (Lipinski definition) is 1. The van der Waals surface area contributed by atoms with Crippen molar-refractivity contribution in [2.24, 2.45) is 0 Å². The molecule has 2 aromatic rings. The van der Waals surface area contributed by atoms with Crippen LogP contribution >= 0.6 is 0 Å². The number of sulfonamides is 1. The third-order valence-corrected chi connectivity index (χ3v) is 6.59. The van der Waals surface area contributed by atoms with Crippen LogP contribution in [0.5, 0.6) is 0 Å². The standard InChI is InChI=1S/C22H21F3N2O6S/c23-22(24,25)17-4-1-3-16(13-17)7-8-21(29)33-15-20(28)26-18-5-2-6-19(14-18)34(30,31)27-9-11-32-12-10-27/h1-8,13-14H,9-12,15H2,(H,26,28). The Kier molecular flexibility index (Phi) is 8.07. The molecule has 0 spiro atoms. The Morgan fingerprint density at radius 3 is 2.50 bits per heavy atom. The van der Waals surface area contributed by atoms with Gasteiger partial charge >= 0.3 is 12.1 Å². The van der Waals surface area contributed by atoms with Crippen molar-refractivity contribution in [2.45, 2.75) is 11.1 Å². The number of hydrogen-bond acceptors (Lipinski definition) is 6. The lowest BCUT2D eigenvalue weighted by molar-refractivity contribution is -0.142. The average Bonchev–Trinajstić information content (AvgIpc) is 2.82. The van der Waals surface area contributed by atoms with E-state index in [-0.39, 0.29) is 29.2 Å². The van der Waals surface area contributed by atoms with Crippen LogP contribution in [0.4, 0.5) is 18.9 Å². The van der Waals surface area contributed by atoms with E-state index in [0.717, 1.165) is 24.3 Å². The van der Waals surface area contributed by atoms with Crippen LogP contribution in [0.1, 0.15) is 11.1 Å². The van der Waals surface area contributed by atoms with E-state index in [0.29, 0.717) is 13.2 Å². The van der Waals surface area contributed by atoms with Crippen LogP contribution in [0.2, 0.25) is 0 Å². The molecule has 2 aromatic carbocycles. The molecule has 1 saturated heterocycles. The maximum Gasteiger partial charge on any atom is 0.416 e. The Hall–Kier alpha value is -3.22. The number of carbonyl (C=O) groups excluding carboxylic acids is 2. The maximum atomic E-state index is 12.7. The number of nitrogens with zero attached hydrogens (tertiary/aromatic N) is 1. The van der Waals surface area contributed by atoms with Crippen LogP contribution in [0, 0.1) is 0 Å². The molecule has 3 rings (SSSR count). The number of morpholine rings is 1. The van der Waals surface area contributed by atoms with Crippen molar-refractivity contribution >= 4 is 33.7 Å². The fraction of sp³-hybridized carbons (Fsp3) is 0.273. The second-order valence-corrected chi connectivity index (χ2v) is 9.09. The molecular weight excluding hydrogens is 477 g/mol. The van der Waals surface area contributed by atoms with E-state index in [9.17, 15) is 31.2 Å². The topological polar surface area (TPSA) is 102 Å². The van der Waals surface area contributed by atoms with E-state index in [1.807, 2.05) is 0 Å². The van der Waals surface area contributed by atoms with E-state index >= 15 is 0 Å². The highest BCUT2D eigenvalue weighted by atomic mass is 32.2. The first-order valence-corrected chi connectivity index (χ1v) is 11.5. The number of benzene rings is 2. The van der Waals surface area contributed by atoms with Crippen LogP contribution in [0.15, 0.2) is 59.5 Å².